The summed E-state index contributed by atoms with van der Waals surface area (Å²) in [5, 5.41) is 8.25. The fraction of sp³-hybridized carbons (Fsp3) is 0.208. The van der Waals surface area contributed by atoms with Gasteiger partial charge in [0.05, 0.1) is 19.9 Å². The third-order valence-corrected chi connectivity index (χ3v) is 5.68. The van der Waals surface area contributed by atoms with Crippen LogP contribution in [0, 0.1) is 0 Å². The average Bonchev–Trinajstić information content (AvgIpc) is 3.38. The van der Waals surface area contributed by atoms with Crippen molar-refractivity contribution < 1.29 is 14.3 Å². The topological polar surface area (TPSA) is 68.6 Å². The van der Waals surface area contributed by atoms with Crippen molar-refractivity contribution in [3.8, 4) is 11.5 Å². The van der Waals surface area contributed by atoms with E-state index in [0.29, 0.717) is 33.9 Å². The summed E-state index contributed by atoms with van der Waals surface area (Å²) in [7, 11) is 1.61. The minimum absolute atomic E-state index is 0.184. The second-order valence-corrected chi connectivity index (χ2v) is 8.22. The standard InChI is InChI=1S/C24H23ClN4O3S/c1-3-28-13-17(12-26-28)14-29-23(30)21(27-24(29)33)10-16-7-8-22(31-2)18(9-16)15-32-20-6-4-5-19(25)11-20/h4-13H,3,14-15H2,1-2H3,(H,27,33)/b21-10+. The maximum absolute atomic E-state index is 13.0. The molecule has 0 saturated carbocycles. The van der Waals surface area contributed by atoms with Crippen molar-refractivity contribution >= 4 is 40.9 Å². The van der Waals surface area contributed by atoms with Gasteiger partial charge < -0.3 is 14.8 Å². The van der Waals surface area contributed by atoms with E-state index in [4.69, 9.17) is 33.3 Å². The number of aryl methyl sites for hydroxylation is 1. The van der Waals surface area contributed by atoms with Gasteiger partial charge in [-0.2, -0.15) is 5.10 Å². The molecule has 33 heavy (non-hydrogen) atoms. The predicted molar refractivity (Wildman–Crippen MR) is 131 cm³/mol. The predicted octanol–water partition coefficient (Wildman–Crippen LogP) is 4.40. The molecule has 170 valence electrons. The lowest BCUT2D eigenvalue weighted by atomic mass is 10.1. The largest absolute Gasteiger partial charge is 0.496 e. The van der Waals surface area contributed by atoms with Gasteiger partial charge in [0.25, 0.3) is 5.91 Å². The normalized spacial score (nSPS) is 14.6. The van der Waals surface area contributed by atoms with Gasteiger partial charge in [-0.15, -0.1) is 0 Å². The van der Waals surface area contributed by atoms with Crippen LogP contribution in [-0.4, -0.2) is 32.8 Å². The van der Waals surface area contributed by atoms with Crippen LogP contribution in [0.2, 0.25) is 5.02 Å². The first-order chi connectivity index (χ1) is 16.0. The maximum atomic E-state index is 13.0. The van der Waals surface area contributed by atoms with E-state index in [1.807, 2.05) is 48.1 Å². The molecule has 0 radical (unpaired) electrons. The van der Waals surface area contributed by atoms with Crippen molar-refractivity contribution in [2.75, 3.05) is 7.11 Å². The van der Waals surface area contributed by atoms with Gasteiger partial charge in [-0.1, -0.05) is 23.7 Å². The Kier molecular flexibility index (Phi) is 6.96. The average molecular weight is 483 g/mol. The molecule has 1 aliphatic heterocycles. The lowest BCUT2D eigenvalue weighted by molar-refractivity contribution is -0.122. The Balaban J connectivity index is 1.51. The quantitative estimate of drug-likeness (QED) is 0.379. The maximum Gasteiger partial charge on any atom is 0.276 e. The van der Waals surface area contributed by atoms with Gasteiger partial charge in [0.1, 0.15) is 23.8 Å². The summed E-state index contributed by atoms with van der Waals surface area (Å²) in [6.07, 6.45) is 5.43. The third-order valence-electron chi connectivity index (χ3n) is 5.12. The van der Waals surface area contributed by atoms with Crippen molar-refractivity contribution in [2.24, 2.45) is 0 Å². The summed E-state index contributed by atoms with van der Waals surface area (Å²) in [5.41, 5.74) is 2.98. The summed E-state index contributed by atoms with van der Waals surface area (Å²) in [5.74, 6) is 1.17. The highest BCUT2D eigenvalue weighted by Gasteiger charge is 2.30. The lowest BCUT2D eigenvalue weighted by Gasteiger charge is -2.12. The van der Waals surface area contributed by atoms with Crippen LogP contribution >= 0.6 is 23.8 Å². The summed E-state index contributed by atoms with van der Waals surface area (Å²) in [4.78, 5) is 14.5. The molecule has 3 aromatic rings. The summed E-state index contributed by atoms with van der Waals surface area (Å²) in [6, 6.07) is 12.8. The highest BCUT2D eigenvalue weighted by atomic mass is 35.5. The zero-order valence-corrected chi connectivity index (χ0v) is 19.8. The number of methoxy groups -OCH3 is 1. The number of nitrogens with one attached hydrogen (secondary N) is 1. The molecule has 2 heterocycles. The molecule has 0 unspecified atom stereocenters. The van der Waals surface area contributed by atoms with Crippen molar-refractivity contribution in [1.82, 2.24) is 20.0 Å². The zero-order chi connectivity index (χ0) is 23.4. The smallest absolute Gasteiger partial charge is 0.276 e. The number of halogens is 1. The van der Waals surface area contributed by atoms with Gasteiger partial charge in [0.2, 0.25) is 0 Å². The Morgan fingerprint density at radius 3 is 2.82 bits per heavy atom. The Hall–Kier alpha value is -3.36. The molecule has 1 fully saturated rings. The van der Waals surface area contributed by atoms with Crippen LogP contribution in [-0.2, 0) is 24.5 Å². The number of rotatable bonds is 8. The van der Waals surface area contributed by atoms with Crippen molar-refractivity contribution in [3.05, 3.63) is 82.3 Å². The molecule has 7 nitrogen and oxygen atoms in total. The summed E-state index contributed by atoms with van der Waals surface area (Å²) >= 11 is 11.4. The molecule has 2 aromatic carbocycles. The molecule has 1 aromatic heterocycles. The van der Waals surface area contributed by atoms with Crippen LogP contribution in [0.5, 0.6) is 11.5 Å². The van der Waals surface area contributed by atoms with E-state index in [0.717, 1.165) is 23.2 Å². The van der Waals surface area contributed by atoms with E-state index >= 15 is 0 Å². The SMILES string of the molecule is CCn1cc(CN2C(=O)/C(=C\c3ccc(OC)c(COc4cccc(Cl)c4)c3)NC2=S)cn1. The number of ether oxygens (including phenoxy) is 2. The van der Waals surface area contributed by atoms with E-state index < -0.39 is 0 Å². The number of hydrogen-bond donors (Lipinski definition) is 1. The van der Waals surface area contributed by atoms with Gasteiger partial charge >= 0.3 is 0 Å². The van der Waals surface area contributed by atoms with Gasteiger partial charge in [0.15, 0.2) is 5.11 Å². The third kappa shape index (κ3) is 5.35. The van der Waals surface area contributed by atoms with E-state index in [9.17, 15) is 4.79 Å². The van der Waals surface area contributed by atoms with Gasteiger partial charge in [-0.3, -0.25) is 14.4 Å². The molecule has 0 bridgehead atoms. The van der Waals surface area contributed by atoms with Crippen LogP contribution < -0.4 is 14.8 Å². The lowest BCUT2D eigenvalue weighted by Crippen LogP contribution is -2.29. The first-order valence-electron chi connectivity index (χ1n) is 10.4. The van der Waals surface area contributed by atoms with Crippen LogP contribution in [0.15, 0.2) is 60.6 Å². The van der Waals surface area contributed by atoms with E-state index in [1.54, 1.807) is 31.5 Å². The number of amides is 1. The summed E-state index contributed by atoms with van der Waals surface area (Å²) < 4.78 is 13.2. The summed E-state index contributed by atoms with van der Waals surface area (Å²) in [6.45, 7) is 3.42. The Morgan fingerprint density at radius 1 is 1.24 bits per heavy atom. The van der Waals surface area contributed by atoms with Gasteiger partial charge in [-0.05, 0) is 61.1 Å². The number of nitrogens with zero attached hydrogens (tertiary/aromatic N) is 3. The van der Waals surface area contributed by atoms with Crippen LogP contribution in [0.25, 0.3) is 6.08 Å². The highest BCUT2D eigenvalue weighted by molar-refractivity contribution is 7.80. The molecule has 9 heteroatoms. The molecule has 0 atom stereocenters. The molecule has 1 amide bonds. The van der Waals surface area contributed by atoms with Crippen molar-refractivity contribution in [3.63, 3.8) is 0 Å². The van der Waals surface area contributed by atoms with E-state index in [1.165, 1.54) is 4.90 Å². The molecule has 1 aliphatic rings. The number of thiocarbonyl (C=S) groups is 1. The van der Waals surface area contributed by atoms with Crippen LogP contribution in [0.4, 0.5) is 0 Å². The number of hydrogen-bond acceptors (Lipinski definition) is 5. The fourth-order valence-electron chi connectivity index (χ4n) is 3.44. The van der Waals surface area contributed by atoms with E-state index in [-0.39, 0.29) is 12.5 Å². The highest BCUT2D eigenvalue weighted by Crippen LogP contribution is 2.25. The van der Waals surface area contributed by atoms with Gasteiger partial charge in [-0.25, -0.2) is 0 Å². The van der Waals surface area contributed by atoms with Crippen molar-refractivity contribution in [1.29, 1.82) is 0 Å². The fourth-order valence-corrected chi connectivity index (χ4v) is 3.88. The number of carbonyl (C=O) groups is 1. The molecular formula is C24H23ClN4O3S. The molecule has 1 saturated heterocycles. The minimum atomic E-state index is -0.184. The Labute approximate surface area is 202 Å². The number of carbonyl (C=O) groups excluding carboxylic acids is 1. The first-order valence-corrected chi connectivity index (χ1v) is 11.2. The van der Waals surface area contributed by atoms with E-state index in [2.05, 4.69) is 10.4 Å². The Bertz CT molecular complexity index is 1220. The second kappa shape index (κ2) is 10.1. The number of benzene rings is 2. The first kappa shape index (κ1) is 22.8. The minimum Gasteiger partial charge on any atom is -0.496 e. The van der Waals surface area contributed by atoms with Crippen molar-refractivity contribution in [2.45, 2.75) is 26.6 Å². The molecule has 1 N–H and O–H groups in total. The van der Waals surface area contributed by atoms with Gasteiger partial charge in [0, 0.05) is 28.9 Å². The monoisotopic (exact) mass is 482 g/mol. The molecule has 4 rings (SSSR count). The molecular weight excluding hydrogens is 460 g/mol. The van der Waals surface area contributed by atoms with Crippen LogP contribution in [0.1, 0.15) is 23.6 Å². The molecule has 0 aliphatic carbocycles. The second-order valence-electron chi connectivity index (χ2n) is 7.40. The zero-order valence-electron chi connectivity index (χ0n) is 18.2. The van der Waals surface area contributed by atoms with Crippen LogP contribution in [0.3, 0.4) is 0 Å². The Morgan fingerprint density at radius 2 is 2.09 bits per heavy atom. The molecule has 0 spiro atoms. The number of aromatic nitrogens is 2.